The summed E-state index contributed by atoms with van der Waals surface area (Å²) in [7, 11) is -2.44. The van der Waals surface area contributed by atoms with E-state index in [1.165, 1.54) is 31.5 Å². The molecule has 0 saturated heterocycles. The molecule has 0 spiro atoms. The van der Waals surface area contributed by atoms with Crippen LogP contribution < -0.4 is 15.2 Å². The first-order chi connectivity index (χ1) is 9.44. The molecule has 0 aliphatic carbocycles. The summed E-state index contributed by atoms with van der Waals surface area (Å²) >= 11 is 0. The van der Waals surface area contributed by atoms with Crippen LogP contribution in [0, 0.1) is 0 Å². The molecule has 0 radical (unpaired) electrons. The van der Waals surface area contributed by atoms with Crippen LogP contribution in [0.15, 0.2) is 35.5 Å². The second-order valence-electron chi connectivity index (χ2n) is 3.82. The molecule has 0 fully saturated rings. The van der Waals surface area contributed by atoms with Crippen molar-refractivity contribution >= 4 is 21.6 Å². The first-order valence-electron chi connectivity index (χ1n) is 5.43. The summed E-state index contributed by atoms with van der Waals surface area (Å²) in [6.45, 7) is 0. The highest BCUT2D eigenvalue weighted by atomic mass is 32.2. The average Bonchev–Trinajstić information content (AvgIpc) is 2.92. The number of aromatic amines is 1. The van der Waals surface area contributed by atoms with E-state index in [1.807, 2.05) is 0 Å². The topological polar surface area (TPSA) is 127 Å². The summed E-state index contributed by atoms with van der Waals surface area (Å²) in [6, 6.07) is 4.20. The number of carbonyl (C=O) groups excluding carboxylic acids is 1. The quantitative estimate of drug-likeness (QED) is 0.732. The number of sulfonamides is 1. The fourth-order valence-corrected chi connectivity index (χ4v) is 2.50. The van der Waals surface area contributed by atoms with Crippen LogP contribution >= 0.6 is 0 Å². The van der Waals surface area contributed by atoms with Crippen molar-refractivity contribution < 1.29 is 17.9 Å². The number of nitrogens with two attached hydrogens (primary N) is 1. The molecule has 4 N–H and O–H groups in total. The number of hydrogen-bond acceptors (Lipinski definition) is 5. The van der Waals surface area contributed by atoms with Crippen LogP contribution in [-0.2, 0) is 10.0 Å². The minimum Gasteiger partial charge on any atom is -0.495 e. The van der Waals surface area contributed by atoms with Gasteiger partial charge in [0, 0.05) is 11.8 Å². The van der Waals surface area contributed by atoms with Crippen molar-refractivity contribution in [1.82, 2.24) is 10.2 Å². The van der Waals surface area contributed by atoms with Gasteiger partial charge >= 0.3 is 0 Å². The largest absolute Gasteiger partial charge is 0.495 e. The smallest absolute Gasteiger partial charge is 0.265 e. The Labute approximate surface area is 115 Å². The number of H-pyrrole nitrogens is 1. The number of nitrogens with one attached hydrogen (secondary N) is 2. The lowest BCUT2D eigenvalue weighted by atomic mass is 10.2. The molecule has 1 aromatic heterocycles. The Kier molecular flexibility index (Phi) is 3.61. The first-order valence-corrected chi connectivity index (χ1v) is 6.92. The van der Waals surface area contributed by atoms with Crippen molar-refractivity contribution in [3.8, 4) is 5.75 Å². The number of amides is 1. The van der Waals surface area contributed by atoms with Crippen LogP contribution in [0.3, 0.4) is 0 Å². The Morgan fingerprint density at radius 2 is 2.20 bits per heavy atom. The lowest BCUT2D eigenvalue weighted by Gasteiger charge is -2.11. The van der Waals surface area contributed by atoms with E-state index in [1.54, 1.807) is 0 Å². The molecule has 2 rings (SSSR count). The molecule has 2 aromatic rings. The van der Waals surface area contributed by atoms with E-state index >= 15 is 0 Å². The molecule has 106 valence electrons. The standard InChI is InChI=1S/C11H12N4O4S/c1-19-10-3-2-7(11(12)16)4-9(10)15-20(17,18)8-5-13-14-6-8/h2-6,15H,1H3,(H2,12,16)(H,13,14). The average molecular weight is 296 g/mol. The Balaban J connectivity index is 2.42. The van der Waals surface area contributed by atoms with Crippen molar-refractivity contribution in [3.05, 3.63) is 36.2 Å². The molecular formula is C11H12N4O4S. The van der Waals surface area contributed by atoms with Crippen LogP contribution in [-0.4, -0.2) is 31.6 Å². The third kappa shape index (κ3) is 2.72. The molecule has 0 unspecified atom stereocenters. The number of benzene rings is 1. The molecular weight excluding hydrogens is 284 g/mol. The molecule has 1 aromatic carbocycles. The number of aromatic nitrogens is 2. The van der Waals surface area contributed by atoms with E-state index in [0.29, 0.717) is 0 Å². The van der Waals surface area contributed by atoms with E-state index in [9.17, 15) is 13.2 Å². The highest BCUT2D eigenvalue weighted by Crippen LogP contribution is 2.27. The third-order valence-corrected chi connectivity index (χ3v) is 3.84. The lowest BCUT2D eigenvalue weighted by Crippen LogP contribution is -2.15. The van der Waals surface area contributed by atoms with Crippen molar-refractivity contribution in [2.45, 2.75) is 4.90 Å². The summed E-state index contributed by atoms with van der Waals surface area (Å²) in [4.78, 5) is 11.1. The number of ether oxygens (including phenoxy) is 1. The Bertz CT molecular complexity index is 725. The zero-order valence-corrected chi connectivity index (χ0v) is 11.3. The van der Waals surface area contributed by atoms with Gasteiger partial charge in [0.05, 0.1) is 19.0 Å². The Hall–Kier alpha value is -2.55. The van der Waals surface area contributed by atoms with Crippen molar-refractivity contribution in [3.63, 3.8) is 0 Å². The number of primary amides is 1. The van der Waals surface area contributed by atoms with Gasteiger partial charge in [-0.1, -0.05) is 0 Å². The molecule has 0 aliphatic rings. The zero-order valence-electron chi connectivity index (χ0n) is 10.5. The molecule has 1 amide bonds. The monoisotopic (exact) mass is 296 g/mol. The summed E-state index contributed by atoms with van der Waals surface area (Å²) in [6.07, 6.45) is 2.39. The molecule has 0 bridgehead atoms. The maximum absolute atomic E-state index is 12.1. The number of anilines is 1. The second-order valence-corrected chi connectivity index (χ2v) is 5.50. The zero-order chi connectivity index (χ0) is 14.8. The van der Waals surface area contributed by atoms with Crippen LogP contribution in [0.25, 0.3) is 0 Å². The summed E-state index contributed by atoms with van der Waals surface area (Å²) in [5.74, 6) is -0.404. The fraction of sp³-hybridized carbons (Fsp3) is 0.0909. The SMILES string of the molecule is COc1ccc(C(N)=O)cc1NS(=O)(=O)c1cn[nH]c1. The Morgan fingerprint density at radius 3 is 2.75 bits per heavy atom. The summed E-state index contributed by atoms with van der Waals surface area (Å²) < 4.78 is 31.5. The van der Waals surface area contributed by atoms with Gasteiger partial charge in [-0.05, 0) is 18.2 Å². The van der Waals surface area contributed by atoms with Crippen molar-refractivity contribution in [1.29, 1.82) is 0 Å². The van der Waals surface area contributed by atoms with E-state index < -0.39 is 15.9 Å². The summed E-state index contributed by atoms with van der Waals surface area (Å²) in [5, 5.41) is 5.97. The van der Waals surface area contributed by atoms with E-state index in [-0.39, 0.29) is 21.9 Å². The van der Waals surface area contributed by atoms with Crippen LogP contribution in [0.5, 0.6) is 5.75 Å². The number of hydrogen-bond donors (Lipinski definition) is 3. The molecule has 0 atom stereocenters. The predicted molar refractivity (Wildman–Crippen MR) is 70.9 cm³/mol. The molecule has 8 nitrogen and oxygen atoms in total. The molecule has 1 heterocycles. The minimum atomic E-state index is -3.82. The maximum atomic E-state index is 12.1. The summed E-state index contributed by atoms with van der Waals surface area (Å²) in [5.41, 5.74) is 5.44. The maximum Gasteiger partial charge on any atom is 0.265 e. The van der Waals surface area contributed by atoms with Crippen LogP contribution in [0.1, 0.15) is 10.4 Å². The van der Waals surface area contributed by atoms with Crippen LogP contribution in [0.4, 0.5) is 5.69 Å². The fourth-order valence-electron chi connectivity index (χ4n) is 1.53. The van der Waals surface area contributed by atoms with Gasteiger partial charge < -0.3 is 10.5 Å². The Morgan fingerprint density at radius 1 is 1.45 bits per heavy atom. The normalized spacial score (nSPS) is 11.1. The second kappa shape index (κ2) is 5.21. The van der Waals surface area contributed by atoms with E-state index in [2.05, 4.69) is 14.9 Å². The van der Waals surface area contributed by atoms with Gasteiger partial charge in [-0.3, -0.25) is 14.6 Å². The van der Waals surface area contributed by atoms with Crippen molar-refractivity contribution in [2.75, 3.05) is 11.8 Å². The third-order valence-electron chi connectivity index (χ3n) is 2.51. The van der Waals surface area contributed by atoms with Gasteiger partial charge in [-0.2, -0.15) is 5.10 Å². The van der Waals surface area contributed by atoms with Crippen molar-refractivity contribution in [2.24, 2.45) is 5.73 Å². The number of nitrogens with zero attached hydrogens (tertiary/aromatic N) is 1. The van der Waals surface area contributed by atoms with E-state index in [4.69, 9.17) is 10.5 Å². The predicted octanol–water partition coefficient (Wildman–Crippen LogP) is 0.318. The molecule has 0 aliphatic heterocycles. The molecule has 9 heteroatoms. The van der Waals surface area contributed by atoms with Crippen LogP contribution in [0.2, 0.25) is 0 Å². The van der Waals surface area contributed by atoms with Gasteiger partial charge in [0.1, 0.15) is 10.6 Å². The van der Waals surface area contributed by atoms with Gasteiger partial charge in [0.25, 0.3) is 10.0 Å². The first kappa shape index (κ1) is 13.9. The van der Waals surface area contributed by atoms with E-state index in [0.717, 1.165) is 6.20 Å². The number of carbonyl (C=O) groups is 1. The van der Waals surface area contributed by atoms with Gasteiger partial charge in [0.2, 0.25) is 5.91 Å². The number of methoxy groups -OCH3 is 1. The lowest BCUT2D eigenvalue weighted by molar-refractivity contribution is 0.100. The van der Waals surface area contributed by atoms with Gasteiger partial charge in [-0.25, -0.2) is 8.42 Å². The number of rotatable bonds is 5. The molecule has 0 saturated carbocycles. The van der Waals surface area contributed by atoms with Gasteiger partial charge in [-0.15, -0.1) is 0 Å². The highest BCUT2D eigenvalue weighted by Gasteiger charge is 2.18. The van der Waals surface area contributed by atoms with Gasteiger partial charge in [0.15, 0.2) is 0 Å². The minimum absolute atomic E-state index is 0.0379. The highest BCUT2D eigenvalue weighted by molar-refractivity contribution is 7.92. The molecule has 20 heavy (non-hydrogen) atoms.